The fourth-order valence-electron chi connectivity index (χ4n) is 5.90. The maximum absolute atomic E-state index is 16.0. The van der Waals surface area contributed by atoms with Crippen molar-refractivity contribution in [3.63, 3.8) is 0 Å². The second kappa shape index (κ2) is 11.5. The molecule has 1 saturated heterocycles. The van der Waals surface area contributed by atoms with Crippen molar-refractivity contribution >= 4 is 29.0 Å². The highest BCUT2D eigenvalue weighted by Gasteiger charge is 2.35. The second-order valence-corrected chi connectivity index (χ2v) is 11.1. The minimum Gasteiger partial charge on any atom is -0.347 e. The van der Waals surface area contributed by atoms with Crippen LogP contribution in [0.1, 0.15) is 55.2 Å². The molecule has 0 saturated carbocycles. The lowest BCUT2D eigenvalue weighted by Crippen LogP contribution is -2.58. The first-order chi connectivity index (χ1) is 20.5. The molecule has 43 heavy (non-hydrogen) atoms. The van der Waals surface area contributed by atoms with E-state index in [-0.39, 0.29) is 51.9 Å². The molecule has 0 aliphatic carbocycles. The van der Waals surface area contributed by atoms with Crippen LogP contribution < -0.4 is 10.6 Å². The van der Waals surface area contributed by atoms with Gasteiger partial charge in [0.15, 0.2) is 17.8 Å². The zero-order valence-electron chi connectivity index (χ0n) is 24.6. The van der Waals surface area contributed by atoms with Crippen LogP contribution in [-0.2, 0) is 4.79 Å². The predicted molar refractivity (Wildman–Crippen MR) is 161 cm³/mol. The van der Waals surface area contributed by atoms with E-state index in [1.165, 1.54) is 28.8 Å². The molecule has 4 heterocycles. The molecule has 222 valence electrons. The Kier molecular flexibility index (Phi) is 7.92. The molecular weight excluding hydrogens is 554 g/mol. The molecular formula is C32H32F2N6O3. The van der Waals surface area contributed by atoms with E-state index in [9.17, 15) is 14.4 Å². The number of hydrogen-bond acceptors (Lipinski definition) is 7. The summed E-state index contributed by atoms with van der Waals surface area (Å²) >= 11 is 0. The number of amides is 1. The van der Waals surface area contributed by atoms with Gasteiger partial charge in [-0.1, -0.05) is 32.6 Å². The Morgan fingerprint density at radius 2 is 1.79 bits per heavy atom. The summed E-state index contributed by atoms with van der Waals surface area (Å²) in [7, 11) is 0. The van der Waals surface area contributed by atoms with Crippen LogP contribution >= 0.6 is 0 Å². The molecule has 11 heteroatoms. The fourth-order valence-corrected chi connectivity index (χ4v) is 5.90. The molecule has 9 nitrogen and oxygen atoms in total. The highest BCUT2D eigenvalue weighted by Crippen LogP contribution is 2.35. The minimum absolute atomic E-state index is 0.0356. The number of carbonyl (C=O) groups excluding carboxylic acids is 2. The van der Waals surface area contributed by atoms with Crippen molar-refractivity contribution in [2.75, 3.05) is 18.0 Å². The largest absolute Gasteiger partial charge is 0.355 e. The zero-order chi connectivity index (χ0) is 31.2. The Hall–Kier alpha value is -4.80. The van der Waals surface area contributed by atoms with E-state index >= 15 is 8.78 Å². The number of fused-ring (bicyclic) bond motifs is 1. The fraction of sp³-hybridized carbons (Fsp3) is 0.312. The van der Waals surface area contributed by atoms with Gasteiger partial charge < -0.3 is 9.80 Å². The number of rotatable bonds is 6. The van der Waals surface area contributed by atoms with Crippen molar-refractivity contribution in [2.24, 2.45) is 0 Å². The van der Waals surface area contributed by atoms with Gasteiger partial charge in [0.1, 0.15) is 17.3 Å². The molecule has 0 N–H and O–H groups in total. The lowest BCUT2D eigenvalue weighted by Gasteiger charge is -2.45. The molecule has 0 bridgehead atoms. The molecule has 0 radical (unpaired) electrons. The number of anilines is 1. The molecule has 3 aromatic heterocycles. The number of aromatic nitrogens is 4. The summed E-state index contributed by atoms with van der Waals surface area (Å²) in [6.07, 6.45) is 3.33. The van der Waals surface area contributed by atoms with Crippen molar-refractivity contribution in [1.82, 2.24) is 24.4 Å². The maximum Gasteiger partial charge on any atom is 0.355 e. The molecule has 1 aliphatic rings. The van der Waals surface area contributed by atoms with E-state index in [1.807, 2.05) is 39.5 Å². The van der Waals surface area contributed by atoms with Gasteiger partial charge in [-0.25, -0.2) is 23.1 Å². The van der Waals surface area contributed by atoms with E-state index in [2.05, 4.69) is 21.5 Å². The van der Waals surface area contributed by atoms with Gasteiger partial charge in [-0.15, -0.1) is 0 Å². The molecule has 4 aromatic rings. The average Bonchev–Trinajstić information content (AvgIpc) is 2.96. The second-order valence-electron chi connectivity index (χ2n) is 11.1. The van der Waals surface area contributed by atoms with Crippen LogP contribution in [0.3, 0.4) is 0 Å². The molecule has 2 atom stereocenters. The summed E-state index contributed by atoms with van der Waals surface area (Å²) in [5, 5.41) is 0.213. The van der Waals surface area contributed by atoms with Crippen molar-refractivity contribution in [3.05, 3.63) is 88.1 Å². The number of aldehydes is 1. The number of aryl methyl sites for hydroxylation is 1. The van der Waals surface area contributed by atoms with E-state index < -0.39 is 23.0 Å². The van der Waals surface area contributed by atoms with E-state index in [0.717, 1.165) is 6.07 Å². The third-order valence-electron chi connectivity index (χ3n) is 7.79. The summed E-state index contributed by atoms with van der Waals surface area (Å²) in [4.78, 5) is 55.4. The van der Waals surface area contributed by atoms with E-state index in [4.69, 9.17) is 0 Å². The van der Waals surface area contributed by atoms with E-state index in [0.29, 0.717) is 36.3 Å². The molecule has 1 aromatic carbocycles. The van der Waals surface area contributed by atoms with Crippen molar-refractivity contribution in [1.29, 1.82) is 0 Å². The van der Waals surface area contributed by atoms with Crippen molar-refractivity contribution in [3.8, 4) is 16.9 Å². The number of hydrogen-bond donors (Lipinski definition) is 0. The molecule has 1 aliphatic heterocycles. The van der Waals surface area contributed by atoms with E-state index in [1.54, 1.807) is 17.2 Å². The molecule has 5 rings (SSSR count). The van der Waals surface area contributed by atoms with Gasteiger partial charge in [0.2, 0.25) is 5.91 Å². The van der Waals surface area contributed by atoms with Crippen molar-refractivity contribution in [2.45, 2.75) is 52.6 Å². The van der Waals surface area contributed by atoms with Gasteiger partial charge in [-0.3, -0.25) is 14.6 Å². The third kappa shape index (κ3) is 5.09. The number of pyridine rings is 2. The summed E-state index contributed by atoms with van der Waals surface area (Å²) in [6.45, 7) is 13.7. The first kappa shape index (κ1) is 29.7. The van der Waals surface area contributed by atoms with Crippen LogP contribution in [0.2, 0.25) is 0 Å². The Morgan fingerprint density at radius 3 is 2.42 bits per heavy atom. The Morgan fingerprint density at radius 1 is 1.09 bits per heavy atom. The number of piperazine rings is 1. The lowest BCUT2D eigenvalue weighted by molar-refractivity contribution is -0.127. The average molecular weight is 587 g/mol. The normalized spacial score (nSPS) is 17.0. The minimum atomic E-state index is -0.887. The number of halogens is 2. The van der Waals surface area contributed by atoms with Gasteiger partial charge in [0, 0.05) is 42.5 Å². The number of benzene rings is 1. The first-order valence-electron chi connectivity index (χ1n) is 14.0. The van der Waals surface area contributed by atoms with Gasteiger partial charge in [-0.2, -0.15) is 4.98 Å². The van der Waals surface area contributed by atoms with Gasteiger partial charge in [-0.05, 0) is 56.5 Å². The smallest absolute Gasteiger partial charge is 0.347 e. The standard InChI is InChI=1S/C32H32F2N6O3/c1-7-25(42)38-14-19(5)39(20(6)15-38)31-22-13-24(34)28(26-21(16-41)9-8-10-23(26)33)36-30(22)40(32(43)37-31)29-18(4)11-12-35-27(29)17(2)3/h7-13,16-17,19-20H,1,14-15H2,2-6H3/t19-,20-/m0/s1. The maximum atomic E-state index is 16.0. The molecule has 0 spiro atoms. The summed E-state index contributed by atoms with van der Waals surface area (Å²) in [5.74, 6) is -1.84. The highest BCUT2D eigenvalue weighted by molar-refractivity contribution is 5.93. The summed E-state index contributed by atoms with van der Waals surface area (Å²) in [5.41, 5.74) is 0.313. The Bertz CT molecular complexity index is 1820. The molecule has 0 unspecified atom stereocenters. The Labute approximate surface area is 247 Å². The number of nitrogens with zero attached hydrogens (tertiary/aromatic N) is 6. The monoisotopic (exact) mass is 586 g/mol. The topological polar surface area (TPSA) is 101 Å². The predicted octanol–water partition coefficient (Wildman–Crippen LogP) is 4.98. The first-order valence-corrected chi connectivity index (χ1v) is 14.0. The summed E-state index contributed by atoms with van der Waals surface area (Å²) in [6, 6.07) is 6.16. The quantitative estimate of drug-likeness (QED) is 0.232. The Balaban J connectivity index is 1.87. The van der Waals surface area contributed by atoms with Crippen LogP contribution in [0, 0.1) is 18.6 Å². The lowest BCUT2D eigenvalue weighted by atomic mass is 10.0. The third-order valence-corrected chi connectivity index (χ3v) is 7.79. The van der Waals surface area contributed by atoms with Gasteiger partial charge in [0.25, 0.3) is 0 Å². The van der Waals surface area contributed by atoms with Crippen LogP contribution in [0.5, 0.6) is 0 Å². The summed E-state index contributed by atoms with van der Waals surface area (Å²) < 4.78 is 32.4. The number of carbonyl (C=O) groups is 2. The highest BCUT2D eigenvalue weighted by atomic mass is 19.1. The van der Waals surface area contributed by atoms with Crippen molar-refractivity contribution < 1.29 is 18.4 Å². The van der Waals surface area contributed by atoms with Gasteiger partial charge >= 0.3 is 5.69 Å². The zero-order valence-corrected chi connectivity index (χ0v) is 24.6. The van der Waals surface area contributed by atoms with Crippen LogP contribution in [-0.4, -0.2) is 61.8 Å². The van der Waals surface area contributed by atoms with Crippen LogP contribution in [0.15, 0.2) is 54.0 Å². The SMILES string of the molecule is C=CC(=O)N1C[C@H](C)N(c2nc(=O)n(-c3c(C)ccnc3C(C)C)c3nc(-c4c(F)cccc4C=O)c(F)cc23)[C@@H](C)C1. The van der Waals surface area contributed by atoms with Crippen LogP contribution in [0.25, 0.3) is 28.0 Å². The molecule has 1 amide bonds. The van der Waals surface area contributed by atoms with Crippen LogP contribution in [0.4, 0.5) is 14.6 Å². The molecule has 1 fully saturated rings. The van der Waals surface area contributed by atoms with Gasteiger partial charge in [0.05, 0.1) is 16.8 Å².